The predicted molar refractivity (Wildman–Crippen MR) is 203 cm³/mol. The summed E-state index contributed by atoms with van der Waals surface area (Å²) in [6.45, 7) is 26.3. The van der Waals surface area contributed by atoms with Crippen molar-refractivity contribution in [3.8, 4) is 11.5 Å². The lowest BCUT2D eigenvalue weighted by atomic mass is 9.79. The summed E-state index contributed by atoms with van der Waals surface area (Å²) >= 11 is 0. The van der Waals surface area contributed by atoms with E-state index < -0.39 is 0 Å². The van der Waals surface area contributed by atoms with Crippen LogP contribution in [0.25, 0.3) is 10.8 Å². The first-order chi connectivity index (χ1) is 21.7. The second-order valence-corrected chi connectivity index (χ2v) is 17.2. The van der Waals surface area contributed by atoms with E-state index in [0.717, 1.165) is 33.4 Å². The number of fused-ring (bicyclic) bond motifs is 1. The molecule has 4 heteroatoms. The maximum Gasteiger partial charge on any atom is 0.128 e. The number of nitrogens with zero attached hydrogens (tertiary/aromatic N) is 2. The highest BCUT2D eigenvalue weighted by Crippen LogP contribution is 2.38. The van der Waals surface area contributed by atoms with Crippen LogP contribution >= 0.6 is 0 Å². The van der Waals surface area contributed by atoms with Crippen LogP contribution in [0.1, 0.15) is 122 Å². The Morgan fingerprint density at radius 2 is 1.09 bits per heavy atom. The molecule has 0 spiro atoms. The van der Waals surface area contributed by atoms with E-state index in [2.05, 4.69) is 150 Å². The number of hydrogen-bond acceptors (Lipinski definition) is 4. The van der Waals surface area contributed by atoms with E-state index in [9.17, 15) is 10.2 Å². The highest BCUT2D eigenvalue weighted by Gasteiger charge is 2.26. The molecule has 1 unspecified atom stereocenters. The summed E-state index contributed by atoms with van der Waals surface area (Å²) in [5, 5.41) is 25.2. The SMILES string of the molecule is CC(C)(C)c1cc(C=NCC(Cc2cccc3ccccc23)N=Cc2cc(C(C)(C)C)cc(C(C)(C)C)c2O)c(O)c(C(C)(C)C)c1. The van der Waals surface area contributed by atoms with Crippen molar-refractivity contribution in [3.05, 3.63) is 106 Å². The lowest BCUT2D eigenvalue weighted by Crippen LogP contribution is -2.18. The summed E-state index contributed by atoms with van der Waals surface area (Å²) < 4.78 is 0. The molecule has 0 radical (unpaired) electrons. The molecule has 1 atom stereocenters. The summed E-state index contributed by atoms with van der Waals surface area (Å²) in [5.41, 5.74) is 6.20. The van der Waals surface area contributed by atoms with E-state index in [-0.39, 0.29) is 39.2 Å². The van der Waals surface area contributed by atoms with Gasteiger partial charge in [0.2, 0.25) is 0 Å². The van der Waals surface area contributed by atoms with Gasteiger partial charge in [-0.15, -0.1) is 0 Å². The van der Waals surface area contributed by atoms with E-state index in [4.69, 9.17) is 9.98 Å². The molecule has 4 nitrogen and oxygen atoms in total. The zero-order chi connectivity index (χ0) is 34.9. The minimum Gasteiger partial charge on any atom is -0.507 e. The van der Waals surface area contributed by atoms with Crippen molar-refractivity contribution in [1.82, 2.24) is 0 Å². The van der Waals surface area contributed by atoms with Gasteiger partial charge in [0.1, 0.15) is 11.5 Å². The smallest absolute Gasteiger partial charge is 0.128 e. The maximum atomic E-state index is 11.4. The van der Waals surface area contributed by atoms with Crippen LogP contribution in [0.2, 0.25) is 0 Å². The molecule has 4 aromatic carbocycles. The first kappa shape index (κ1) is 35.9. The maximum absolute atomic E-state index is 11.4. The molecule has 250 valence electrons. The molecule has 0 saturated heterocycles. The molecular formula is C43H56N2O2. The molecule has 0 aromatic heterocycles. The van der Waals surface area contributed by atoms with Gasteiger partial charge in [-0.1, -0.05) is 138 Å². The Kier molecular flexibility index (Phi) is 10.2. The highest BCUT2D eigenvalue weighted by atomic mass is 16.3. The lowest BCUT2D eigenvalue weighted by molar-refractivity contribution is 0.443. The monoisotopic (exact) mass is 632 g/mol. The van der Waals surface area contributed by atoms with Crippen LogP contribution in [0, 0.1) is 0 Å². The van der Waals surface area contributed by atoms with Crippen molar-refractivity contribution in [2.24, 2.45) is 9.98 Å². The fourth-order valence-electron chi connectivity index (χ4n) is 5.87. The van der Waals surface area contributed by atoms with Crippen LogP contribution in [0.3, 0.4) is 0 Å². The fraction of sp³-hybridized carbons (Fsp3) is 0.442. The quantitative estimate of drug-likeness (QED) is 0.199. The first-order valence-electron chi connectivity index (χ1n) is 16.9. The standard InChI is InChI=1S/C43H56N2O2/c1-40(2,3)32-20-30(38(46)36(23-32)42(7,8)9)25-44-27-34(22-29-18-15-17-28-16-13-14-19-35(28)29)45-26-31-21-33(41(4,5)6)24-37(39(31)47)43(10,11)12/h13-21,23-26,34,46-47H,22,27H2,1-12H3. The lowest BCUT2D eigenvalue weighted by Gasteiger charge is -2.27. The summed E-state index contributed by atoms with van der Waals surface area (Å²) in [7, 11) is 0. The molecule has 0 amide bonds. The second-order valence-electron chi connectivity index (χ2n) is 17.2. The molecular weight excluding hydrogens is 576 g/mol. The number of phenols is 2. The number of aromatic hydroxyl groups is 2. The van der Waals surface area contributed by atoms with Gasteiger partial charge in [0.05, 0.1) is 12.6 Å². The Labute approximate surface area is 283 Å². The molecule has 2 N–H and O–H groups in total. The second kappa shape index (κ2) is 13.3. The van der Waals surface area contributed by atoms with Crippen LogP contribution < -0.4 is 0 Å². The van der Waals surface area contributed by atoms with Gasteiger partial charge in [-0.2, -0.15) is 0 Å². The average Bonchev–Trinajstić information content (AvgIpc) is 2.95. The summed E-state index contributed by atoms with van der Waals surface area (Å²) in [4.78, 5) is 10.0. The summed E-state index contributed by atoms with van der Waals surface area (Å²) in [5.74, 6) is 0.558. The Morgan fingerprint density at radius 3 is 1.60 bits per heavy atom. The third-order valence-electron chi connectivity index (χ3n) is 8.93. The van der Waals surface area contributed by atoms with Gasteiger partial charge < -0.3 is 10.2 Å². The van der Waals surface area contributed by atoms with E-state index in [1.807, 2.05) is 6.21 Å². The van der Waals surface area contributed by atoms with Crippen molar-refractivity contribution >= 4 is 23.2 Å². The molecule has 0 heterocycles. The number of aliphatic imine (C=N–C) groups is 2. The van der Waals surface area contributed by atoms with Crippen LogP contribution in [0.5, 0.6) is 11.5 Å². The normalized spacial score (nSPS) is 14.0. The Hall–Kier alpha value is -3.92. The zero-order valence-corrected chi connectivity index (χ0v) is 30.8. The number of rotatable bonds is 7. The summed E-state index contributed by atoms with van der Waals surface area (Å²) in [6.07, 6.45) is 4.32. The van der Waals surface area contributed by atoms with Gasteiger partial charge in [-0.3, -0.25) is 9.98 Å². The minimum absolute atomic E-state index is 0.0764. The third kappa shape index (κ3) is 8.71. The van der Waals surface area contributed by atoms with E-state index in [1.54, 1.807) is 6.21 Å². The Morgan fingerprint density at radius 1 is 0.596 bits per heavy atom. The molecule has 0 aliphatic carbocycles. The fourth-order valence-corrected chi connectivity index (χ4v) is 5.87. The summed E-state index contributed by atoms with van der Waals surface area (Å²) in [6, 6.07) is 23.0. The Bertz CT molecular complexity index is 1780. The molecule has 0 bridgehead atoms. The highest BCUT2D eigenvalue weighted by molar-refractivity contribution is 5.87. The van der Waals surface area contributed by atoms with Crippen molar-refractivity contribution < 1.29 is 10.2 Å². The van der Waals surface area contributed by atoms with E-state index in [1.165, 1.54) is 16.3 Å². The largest absolute Gasteiger partial charge is 0.507 e. The molecule has 0 aliphatic heterocycles. The van der Waals surface area contributed by atoms with Crippen LogP contribution in [0.4, 0.5) is 0 Å². The predicted octanol–water partition coefficient (Wildman–Crippen LogP) is 10.6. The minimum atomic E-state index is -0.226. The number of hydrogen-bond donors (Lipinski definition) is 2. The van der Waals surface area contributed by atoms with Crippen molar-refractivity contribution in [2.45, 2.75) is 117 Å². The number of benzene rings is 4. The van der Waals surface area contributed by atoms with Crippen LogP contribution in [0.15, 0.2) is 76.7 Å². The van der Waals surface area contributed by atoms with Gasteiger partial charge >= 0.3 is 0 Å². The molecule has 0 saturated carbocycles. The average molecular weight is 633 g/mol. The van der Waals surface area contributed by atoms with Crippen molar-refractivity contribution in [3.63, 3.8) is 0 Å². The zero-order valence-electron chi connectivity index (χ0n) is 30.8. The van der Waals surface area contributed by atoms with E-state index >= 15 is 0 Å². The van der Waals surface area contributed by atoms with Gasteiger partial charge in [0, 0.05) is 34.7 Å². The molecule has 0 fully saturated rings. The van der Waals surface area contributed by atoms with E-state index in [0.29, 0.717) is 13.0 Å². The molecule has 0 aliphatic rings. The first-order valence-corrected chi connectivity index (χ1v) is 16.9. The molecule has 4 aromatic rings. The Balaban J connectivity index is 1.79. The van der Waals surface area contributed by atoms with Crippen molar-refractivity contribution in [2.75, 3.05) is 6.54 Å². The molecule has 4 rings (SSSR count). The topological polar surface area (TPSA) is 65.2 Å². The van der Waals surface area contributed by atoms with Gasteiger partial charge in [0.15, 0.2) is 0 Å². The van der Waals surface area contributed by atoms with Gasteiger partial charge in [-0.05, 0) is 67.7 Å². The molecule has 47 heavy (non-hydrogen) atoms. The number of phenolic OH excluding ortho intramolecular Hbond substituents is 2. The van der Waals surface area contributed by atoms with Gasteiger partial charge in [0.25, 0.3) is 0 Å². The third-order valence-corrected chi connectivity index (χ3v) is 8.93. The van der Waals surface area contributed by atoms with Crippen molar-refractivity contribution in [1.29, 1.82) is 0 Å². The van der Waals surface area contributed by atoms with Crippen LogP contribution in [-0.4, -0.2) is 35.2 Å². The van der Waals surface area contributed by atoms with Gasteiger partial charge in [-0.25, -0.2) is 0 Å². The van der Waals surface area contributed by atoms with Crippen LogP contribution in [-0.2, 0) is 28.1 Å².